The van der Waals surface area contributed by atoms with E-state index in [1.807, 2.05) is 0 Å². The lowest BCUT2D eigenvalue weighted by atomic mass is 9.47. The van der Waals surface area contributed by atoms with Crippen LogP contribution in [0.5, 0.6) is 0 Å². The van der Waals surface area contributed by atoms with Crippen LogP contribution in [0.15, 0.2) is 11.6 Å². The monoisotopic (exact) mass is 1080 g/mol. The summed E-state index contributed by atoms with van der Waals surface area (Å²) in [7, 11) is 0. The number of carbonyl (C=O) groups excluding carboxylic acids is 2. The summed E-state index contributed by atoms with van der Waals surface area (Å²) in [5, 5.41) is 137. The van der Waals surface area contributed by atoms with E-state index in [9.17, 15) is 76.0 Å². The predicted octanol–water partition coefficient (Wildman–Crippen LogP) is -3.23. The van der Waals surface area contributed by atoms with Crippen molar-refractivity contribution in [3.8, 4) is 0 Å². The van der Waals surface area contributed by atoms with Crippen LogP contribution in [0.1, 0.15) is 92.9 Å². The summed E-state index contributed by atoms with van der Waals surface area (Å²) in [5.74, 6) is -1.77. The van der Waals surface area contributed by atoms with Crippen molar-refractivity contribution in [1.82, 2.24) is 0 Å². The minimum absolute atomic E-state index is 0.00784. The van der Waals surface area contributed by atoms with Crippen LogP contribution in [-0.2, 0) is 52.2 Å². The Morgan fingerprint density at radius 3 is 1.85 bits per heavy atom. The van der Waals surface area contributed by atoms with Gasteiger partial charge in [0, 0.05) is 0 Å². The van der Waals surface area contributed by atoms with Gasteiger partial charge in [0.05, 0.1) is 44.1 Å². The molecule has 0 radical (unpaired) electrons. The molecule has 24 nitrogen and oxygen atoms in total. The van der Waals surface area contributed by atoms with Gasteiger partial charge in [-0.25, -0.2) is 4.79 Å². The van der Waals surface area contributed by atoms with Gasteiger partial charge in [-0.3, -0.25) is 4.79 Å². The number of rotatable bonds is 16. The van der Waals surface area contributed by atoms with Gasteiger partial charge < -0.3 is 109 Å². The fraction of sp³-hybridized carbons (Fsp3) is 0.922. The molecule has 0 amide bonds. The van der Waals surface area contributed by atoms with Gasteiger partial charge in [-0.15, -0.1) is 0 Å². The summed E-state index contributed by atoms with van der Waals surface area (Å²) >= 11 is 0. The Bertz CT molecular complexity index is 1980. The van der Waals surface area contributed by atoms with E-state index in [0.717, 1.165) is 12.0 Å². The molecule has 8 aliphatic rings. The van der Waals surface area contributed by atoms with Crippen molar-refractivity contribution in [3.05, 3.63) is 11.6 Å². The number of ether oxygens (including phenoxy) is 9. The van der Waals surface area contributed by atoms with Gasteiger partial charge in [-0.05, 0) is 107 Å². The molecule has 30 unspecified atom stereocenters. The molecule has 0 bridgehead atoms. The normalized spacial score (nSPS) is 50.9. The number of hydrogen-bond acceptors (Lipinski definition) is 24. The summed E-state index contributed by atoms with van der Waals surface area (Å²) in [6.07, 6.45) is -26.6. The molecule has 13 N–H and O–H groups in total. The van der Waals surface area contributed by atoms with Crippen molar-refractivity contribution in [2.24, 2.45) is 40.4 Å². The maximum Gasteiger partial charge on any atom is 0.335 e. The summed E-state index contributed by atoms with van der Waals surface area (Å²) < 4.78 is 53.5. The largest absolute Gasteiger partial charge is 0.460 e. The van der Waals surface area contributed by atoms with Crippen LogP contribution >= 0.6 is 0 Å². The molecule has 3 saturated carbocycles. The van der Waals surface area contributed by atoms with E-state index in [1.165, 1.54) is 20.8 Å². The summed E-state index contributed by atoms with van der Waals surface area (Å²) in [6, 6.07) is 0. The molecule has 7 fully saturated rings. The third-order valence-corrected chi connectivity index (χ3v) is 18.4. The molecule has 4 heterocycles. The van der Waals surface area contributed by atoms with Gasteiger partial charge in [-0.1, -0.05) is 32.4 Å². The molecule has 430 valence electrons. The highest BCUT2D eigenvalue weighted by Crippen LogP contribution is 2.67. The van der Waals surface area contributed by atoms with Crippen molar-refractivity contribution in [3.63, 3.8) is 0 Å². The molecule has 4 saturated heterocycles. The first-order chi connectivity index (χ1) is 35.3. The van der Waals surface area contributed by atoms with Crippen LogP contribution in [0.25, 0.3) is 0 Å². The average Bonchev–Trinajstić information content (AvgIpc) is 3.68. The fourth-order valence-electron chi connectivity index (χ4n) is 14.0. The molecular weight excluding hydrogens is 997 g/mol. The molecule has 4 aliphatic carbocycles. The Morgan fingerprint density at radius 2 is 1.25 bits per heavy atom. The Kier molecular flexibility index (Phi) is 18.6. The van der Waals surface area contributed by atoms with E-state index in [0.29, 0.717) is 38.5 Å². The number of aliphatic hydroxyl groups excluding tert-OH is 13. The number of Topliss-reactive ketones (excluding diaryl/α,β-unsaturated/α-hetero) is 1. The first-order valence-corrected chi connectivity index (χ1v) is 26.7. The number of hydrogen-bond donors (Lipinski definition) is 13. The first-order valence-electron chi connectivity index (χ1n) is 26.7. The summed E-state index contributed by atoms with van der Waals surface area (Å²) in [6.45, 7) is 8.96. The van der Waals surface area contributed by atoms with Crippen LogP contribution in [-0.4, -0.2) is 239 Å². The smallest absolute Gasteiger partial charge is 0.335 e. The average molecular weight is 1080 g/mol. The van der Waals surface area contributed by atoms with E-state index in [-0.39, 0.29) is 42.0 Å². The molecule has 0 aromatic carbocycles. The van der Waals surface area contributed by atoms with Crippen molar-refractivity contribution in [1.29, 1.82) is 0 Å². The number of carbonyl (C=O) groups is 2. The highest BCUT2D eigenvalue weighted by molar-refractivity contribution is 5.81. The maximum atomic E-state index is 13.6. The molecular formula is C51H82O24. The molecule has 30 atom stereocenters. The third kappa shape index (κ3) is 11.4. The molecule has 8 rings (SSSR count). The van der Waals surface area contributed by atoms with Crippen molar-refractivity contribution >= 4 is 11.8 Å². The van der Waals surface area contributed by atoms with Crippen molar-refractivity contribution in [2.75, 3.05) is 19.8 Å². The Morgan fingerprint density at radius 1 is 0.680 bits per heavy atom. The molecule has 0 aromatic heterocycles. The van der Waals surface area contributed by atoms with Crippen LogP contribution in [0.2, 0.25) is 0 Å². The molecule has 0 aromatic rings. The minimum Gasteiger partial charge on any atom is -0.460 e. The highest BCUT2D eigenvalue weighted by Gasteiger charge is 2.64. The fourth-order valence-corrected chi connectivity index (χ4v) is 14.0. The lowest BCUT2D eigenvalue weighted by Gasteiger charge is -2.58. The molecule has 75 heavy (non-hydrogen) atoms. The second kappa shape index (κ2) is 23.6. The van der Waals surface area contributed by atoms with Gasteiger partial charge in [0.1, 0.15) is 97.3 Å². The zero-order valence-electron chi connectivity index (χ0n) is 43.3. The zero-order valence-corrected chi connectivity index (χ0v) is 43.3. The molecule has 0 spiro atoms. The van der Waals surface area contributed by atoms with Crippen LogP contribution < -0.4 is 0 Å². The second-order valence-electron chi connectivity index (χ2n) is 23.3. The van der Waals surface area contributed by atoms with Gasteiger partial charge in [0.15, 0.2) is 31.3 Å². The van der Waals surface area contributed by atoms with Gasteiger partial charge in [-0.2, -0.15) is 0 Å². The first kappa shape index (κ1) is 59.2. The second-order valence-corrected chi connectivity index (χ2v) is 23.3. The van der Waals surface area contributed by atoms with E-state index >= 15 is 0 Å². The van der Waals surface area contributed by atoms with Crippen LogP contribution in [0.3, 0.4) is 0 Å². The molecule has 24 heteroatoms. The summed E-state index contributed by atoms with van der Waals surface area (Å²) in [4.78, 5) is 27.1. The summed E-state index contributed by atoms with van der Waals surface area (Å²) in [5.41, 5.74) is 0.343. The van der Waals surface area contributed by atoms with E-state index in [1.54, 1.807) is 6.92 Å². The van der Waals surface area contributed by atoms with Crippen LogP contribution in [0, 0.1) is 40.4 Å². The standard InChI is InChI=1S/C51H82O24/c1-19(18-67-46-39(62)38(61)35(58)30(16-52)72-46)13-28(55)45(66)71-29-15-27-25-8-7-23-14-24(9-11-50(23,5)26(25)10-12-51(27,6)32(29)20(2)54)70-49-44(75-48-41(64)37(60)34(57)22(4)69-48)42(65)43(31(17-53)73-49)74-47-40(63)36(59)33(56)21(3)68-47/h7,19,21-22,24-44,46-49,52-53,55-65H,8-18H2,1-6H3. The van der Waals surface area contributed by atoms with E-state index in [4.69, 9.17) is 42.6 Å². The Balaban J connectivity index is 0.932. The third-order valence-electron chi connectivity index (χ3n) is 18.4. The van der Waals surface area contributed by atoms with Crippen LogP contribution in [0.4, 0.5) is 0 Å². The lowest BCUT2D eigenvalue weighted by Crippen LogP contribution is -2.66. The van der Waals surface area contributed by atoms with E-state index in [2.05, 4.69) is 19.9 Å². The topological polar surface area (TPSA) is 380 Å². The number of fused-ring (bicyclic) bond motifs is 5. The minimum atomic E-state index is -1.79. The maximum absolute atomic E-state index is 13.6. The van der Waals surface area contributed by atoms with Gasteiger partial charge >= 0.3 is 5.97 Å². The SMILES string of the molecule is CC(=O)C1C(OC(=O)C(O)CC(C)COC2OC(CO)C(O)C(O)C2O)CC2C3CC=C4CC(OC5OC(CO)C(OC6OC(C)C(O)C(O)C6O)C(O)C5OC5OC(C)C(O)C(O)C5O)CCC4(C)C3CCC21C. The zero-order chi connectivity index (χ0) is 54.7. The number of ketones is 1. The number of aliphatic hydroxyl groups is 13. The van der Waals surface area contributed by atoms with Crippen molar-refractivity contribution < 1.29 is 119 Å². The predicted molar refractivity (Wildman–Crippen MR) is 252 cm³/mol. The van der Waals surface area contributed by atoms with Gasteiger partial charge in [0.2, 0.25) is 0 Å². The van der Waals surface area contributed by atoms with Crippen molar-refractivity contribution in [2.45, 2.75) is 234 Å². The number of esters is 1. The Hall–Kier alpha value is -1.96. The molecule has 4 aliphatic heterocycles. The van der Waals surface area contributed by atoms with E-state index < -0.39 is 178 Å². The highest BCUT2D eigenvalue weighted by atomic mass is 16.8. The lowest BCUT2D eigenvalue weighted by molar-refractivity contribution is -0.388. The van der Waals surface area contributed by atoms with Gasteiger partial charge in [0.25, 0.3) is 0 Å². The number of allylic oxidation sites excluding steroid dienone is 1. The quantitative estimate of drug-likeness (QED) is 0.0534. The Labute approximate surface area is 435 Å².